The molecule has 1 amide bonds. The molecule has 1 aromatic rings. The first-order valence-corrected chi connectivity index (χ1v) is 6.03. The lowest BCUT2D eigenvalue weighted by atomic mass is 10.1. The summed E-state index contributed by atoms with van der Waals surface area (Å²) in [5.41, 5.74) is 1.45. The van der Waals surface area contributed by atoms with Crippen molar-refractivity contribution in [2.24, 2.45) is 0 Å². The number of amides is 1. The van der Waals surface area contributed by atoms with Gasteiger partial charge in [-0.3, -0.25) is 4.79 Å². The van der Waals surface area contributed by atoms with Gasteiger partial charge in [-0.15, -0.1) is 11.3 Å². The van der Waals surface area contributed by atoms with E-state index in [9.17, 15) is 9.59 Å². The van der Waals surface area contributed by atoms with Crippen LogP contribution in [0.3, 0.4) is 0 Å². The fourth-order valence-corrected chi connectivity index (χ4v) is 2.05. The van der Waals surface area contributed by atoms with Gasteiger partial charge in [0, 0.05) is 16.0 Å². The van der Waals surface area contributed by atoms with Crippen LogP contribution in [-0.2, 0) is 16.1 Å². The number of nitrogens with one attached hydrogen (secondary N) is 1. The SMILES string of the molecule is CC(C(=O)O)=C(C)C(=O)NCc1sccc1C. The van der Waals surface area contributed by atoms with Gasteiger partial charge in [0.15, 0.2) is 0 Å². The molecule has 0 aliphatic carbocycles. The van der Waals surface area contributed by atoms with Crippen LogP contribution in [-0.4, -0.2) is 17.0 Å². The smallest absolute Gasteiger partial charge is 0.331 e. The fourth-order valence-electron chi connectivity index (χ4n) is 1.21. The minimum atomic E-state index is -1.06. The van der Waals surface area contributed by atoms with E-state index < -0.39 is 5.97 Å². The van der Waals surface area contributed by atoms with Gasteiger partial charge in [-0.2, -0.15) is 0 Å². The minimum Gasteiger partial charge on any atom is -0.478 e. The lowest BCUT2D eigenvalue weighted by molar-refractivity contribution is -0.133. The zero-order valence-corrected chi connectivity index (χ0v) is 10.9. The van der Waals surface area contributed by atoms with Crippen molar-refractivity contribution >= 4 is 23.2 Å². The second kappa shape index (κ2) is 5.63. The Morgan fingerprint density at radius 3 is 2.47 bits per heavy atom. The van der Waals surface area contributed by atoms with Gasteiger partial charge in [0.05, 0.1) is 6.54 Å². The molecular formula is C12H15NO3S. The molecule has 0 atom stereocenters. The molecule has 0 saturated carbocycles. The summed E-state index contributed by atoms with van der Waals surface area (Å²) in [4.78, 5) is 23.4. The van der Waals surface area contributed by atoms with Crippen molar-refractivity contribution in [2.45, 2.75) is 27.3 Å². The highest BCUT2D eigenvalue weighted by molar-refractivity contribution is 7.10. The maximum atomic E-state index is 11.7. The molecule has 1 heterocycles. The number of carbonyl (C=O) groups is 2. The van der Waals surface area contributed by atoms with Gasteiger partial charge in [-0.05, 0) is 37.8 Å². The van der Waals surface area contributed by atoms with Crippen molar-refractivity contribution < 1.29 is 14.7 Å². The summed E-state index contributed by atoms with van der Waals surface area (Å²) in [6, 6.07) is 1.98. The van der Waals surface area contributed by atoms with Crippen LogP contribution in [0.4, 0.5) is 0 Å². The van der Waals surface area contributed by atoms with E-state index in [1.165, 1.54) is 13.8 Å². The molecule has 2 N–H and O–H groups in total. The van der Waals surface area contributed by atoms with E-state index in [4.69, 9.17) is 5.11 Å². The third-order valence-electron chi connectivity index (χ3n) is 2.60. The summed E-state index contributed by atoms with van der Waals surface area (Å²) in [5.74, 6) is -1.40. The van der Waals surface area contributed by atoms with Crippen LogP contribution in [0.25, 0.3) is 0 Å². The maximum Gasteiger partial charge on any atom is 0.331 e. The molecular weight excluding hydrogens is 238 g/mol. The van der Waals surface area contributed by atoms with Gasteiger partial charge in [-0.25, -0.2) is 4.79 Å². The Kier molecular flexibility index (Phi) is 4.45. The van der Waals surface area contributed by atoms with Crippen LogP contribution in [0, 0.1) is 6.92 Å². The van der Waals surface area contributed by atoms with Crippen molar-refractivity contribution in [1.82, 2.24) is 5.32 Å². The van der Waals surface area contributed by atoms with Crippen LogP contribution in [0.1, 0.15) is 24.3 Å². The Hall–Kier alpha value is -1.62. The first-order valence-electron chi connectivity index (χ1n) is 5.15. The number of hydrogen-bond donors (Lipinski definition) is 2. The van der Waals surface area contributed by atoms with Crippen LogP contribution in [0.2, 0.25) is 0 Å². The van der Waals surface area contributed by atoms with E-state index in [0.29, 0.717) is 6.54 Å². The second-order valence-corrected chi connectivity index (χ2v) is 4.77. The van der Waals surface area contributed by atoms with Gasteiger partial charge in [0.25, 0.3) is 0 Å². The topological polar surface area (TPSA) is 66.4 Å². The molecule has 92 valence electrons. The number of carboxylic acids is 1. The molecule has 0 aliphatic heterocycles. The van der Waals surface area contributed by atoms with Gasteiger partial charge < -0.3 is 10.4 Å². The molecule has 17 heavy (non-hydrogen) atoms. The fraction of sp³-hybridized carbons (Fsp3) is 0.333. The van der Waals surface area contributed by atoms with Gasteiger partial charge in [0.2, 0.25) is 5.91 Å². The number of thiophene rings is 1. The van der Waals surface area contributed by atoms with Crippen LogP contribution < -0.4 is 5.32 Å². The Labute approximate surface area is 104 Å². The zero-order valence-electron chi connectivity index (χ0n) is 10.0. The number of rotatable bonds is 4. The molecule has 0 spiro atoms. The highest BCUT2D eigenvalue weighted by Crippen LogP contribution is 2.15. The molecule has 0 fully saturated rings. The van der Waals surface area contributed by atoms with Crippen LogP contribution >= 0.6 is 11.3 Å². The normalized spacial score (nSPS) is 11.9. The largest absolute Gasteiger partial charge is 0.478 e. The maximum absolute atomic E-state index is 11.7. The Balaban J connectivity index is 2.65. The molecule has 0 radical (unpaired) electrons. The summed E-state index contributed by atoms with van der Waals surface area (Å²) >= 11 is 1.57. The van der Waals surface area contributed by atoms with Gasteiger partial charge >= 0.3 is 5.97 Å². The zero-order chi connectivity index (χ0) is 13.0. The predicted octanol–water partition coefficient (Wildman–Crippen LogP) is 2.09. The van der Waals surface area contributed by atoms with Crippen molar-refractivity contribution in [3.8, 4) is 0 Å². The number of aryl methyl sites for hydroxylation is 1. The second-order valence-electron chi connectivity index (χ2n) is 3.76. The van der Waals surface area contributed by atoms with Gasteiger partial charge in [-0.1, -0.05) is 0 Å². The van der Waals surface area contributed by atoms with Gasteiger partial charge in [0.1, 0.15) is 0 Å². The number of carboxylic acid groups (broad SMARTS) is 1. The van der Waals surface area contributed by atoms with E-state index in [-0.39, 0.29) is 17.1 Å². The molecule has 0 aromatic carbocycles. The number of hydrogen-bond acceptors (Lipinski definition) is 3. The summed E-state index contributed by atoms with van der Waals surface area (Å²) in [7, 11) is 0. The molecule has 4 nitrogen and oxygen atoms in total. The van der Waals surface area contributed by atoms with Crippen molar-refractivity contribution in [2.75, 3.05) is 0 Å². The quantitative estimate of drug-likeness (QED) is 0.807. The third kappa shape index (κ3) is 3.42. The number of carbonyl (C=O) groups excluding carboxylic acids is 1. The third-order valence-corrected chi connectivity index (χ3v) is 3.62. The lowest BCUT2D eigenvalue weighted by Gasteiger charge is -2.06. The Morgan fingerprint density at radius 2 is 2.00 bits per heavy atom. The average Bonchev–Trinajstić information content (AvgIpc) is 2.69. The van der Waals surface area contributed by atoms with Crippen molar-refractivity contribution in [3.63, 3.8) is 0 Å². The predicted molar refractivity (Wildman–Crippen MR) is 66.9 cm³/mol. The van der Waals surface area contributed by atoms with E-state index in [1.54, 1.807) is 11.3 Å². The first kappa shape index (κ1) is 13.4. The van der Waals surface area contributed by atoms with E-state index in [1.807, 2.05) is 18.4 Å². The minimum absolute atomic E-state index is 0.0744. The lowest BCUT2D eigenvalue weighted by Crippen LogP contribution is -2.25. The summed E-state index contributed by atoms with van der Waals surface area (Å²) in [6.45, 7) is 5.35. The highest BCUT2D eigenvalue weighted by Gasteiger charge is 2.12. The van der Waals surface area contributed by atoms with Crippen LogP contribution in [0.5, 0.6) is 0 Å². The van der Waals surface area contributed by atoms with Crippen molar-refractivity contribution in [1.29, 1.82) is 0 Å². The summed E-state index contributed by atoms with van der Waals surface area (Å²) in [6.07, 6.45) is 0. The van der Waals surface area contributed by atoms with Crippen molar-refractivity contribution in [3.05, 3.63) is 33.0 Å². The molecule has 0 saturated heterocycles. The molecule has 0 aliphatic rings. The van der Waals surface area contributed by atoms with E-state index in [0.717, 1.165) is 10.4 Å². The summed E-state index contributed by atoms with van der Waals surface area (Å²) < 4.78 is 0. The molecule has 0 unspecified atom stereocenters. The molecule has 1 aromatic heterocycles. The van der Waals surface area contributed by atoms with Crippen LogP contribution in [0.15, 0.2) is 22.6 Å². The highest BCUT2D eigenvalue weighted by atomic mass is 32.1. The average molecular weight is 253 g/mol. The molecule has 0 bridgehead atoms. The molecule has 5 heteroatoms. The van der Waals surface area contributed by atoms with E-state index in [2.05, 4.69) is 5.32 Å². The first-order chi connectivity index (χ1) is 7.93. The Bertz CT molecular complexity index is 474. The molecule has 1 rings (SSSR count). The monoisotopic (exact) mass is 253 g/mol. The number of aliphatic carboxylic acids is 1. The Morgan fingerprint density at radius 1 is 1.35 bits per heavy atom. The van der Waals surface area contributed by atoms with E-state index >= 15 is 0 Å². The standard InChI is InChI=1S/C12H15NO3S/c1-7-4-5-17-10(7)6-13-11(14)8(2)9(3)12(15)16/h4-5H,6H2,1-3H3,(H,13,14)(H,15,16). The summed E-state index contributed by atoms with van der Waals surface area (Å²) in [5, 5.41) is 13.4.